The number of aromatic nitrogens is 1. The van der Waals surface area contributed by atoms with Crippen molar-refractivity contribution in [2.24, 2.45) is 0 Å². The minimum atomic E-state index is 1.19. The molecular formula is C26H48N+. The van der Waals surface area contributed by atoms with Crippen molar-refractivity contribution in [3.63, 3.8) is 0 Å². The highest BCUT2D eigenvalue weighted by atomic mass is 14.9. The van der Waals surface area contributed by atoms with Crippen molar-refractivity contribution in [1.29, 1.82) is 0 Å². The molecule has 0 bridgehead atoms. The molecule has 0 unspecified atom stereocenters. The summed E-state index contributed by atoms with van der Waals surface area (Å²) in [6, 6.07) is 4.67. The summed E-state index contributed by atoms with van der Waals surface area (Å²) >= 11 is 0. The van der Waals surface area contributed by atoms with E-state index < -0.39 is 0 Å². The van der Waals surface area contributed by atoms with E-state index in [1.807, 2.05) is 0 Å². The lowest BCUT2D eigenvalue weighted by Gasteiger charge is -2.03. The molecule has 0 aliphatic rings. The number of pyridine rings is 1. The van der Waals surface area contributed by atoms with E-state index in [0.717, 1.165) is 0 Å². The summed E-state index contributed by atoms with van der Waals surface area (Å²) in [6.45, 7) is 5.77. The molecule has 0 aliphatic carbocycles. The third-order valence-electron chi connectivity index (χ3n) is 5.80. The summed E-state index contributed by atoms with van der Waals surface area (Å²) in [5, 5.41) is 0. The van der Waals surface area contributed by atoms with Crippen molar-refractivity contribution in [1.82, 2.24) is 0 Å². The predicted molar refractivity (Wildman–Crippen MR) is 120 cm³/mol. The van der Waals surface area contributed by atoms with Gasteiger partial charge in [-0.3, -0.25) is 0 Å². The molecule has 1 aromatic rings. The van der Waals surface area contributed by atoms with Gasteiger partial charge in [-0.1, -0.05) is 104 Å². The van der Waals surface area contributed by atoms with Crippen LogP contribution < -0.4 is 4.57 Å². The van der Waals surface area contributed by atoms with E-state index in [2.05, 4.69) is 42.9 Å². The van der Waals surface area contributed by atoms with Gasteiger partial charge in [-0.05, 0) is 24.8 Å². The van der Waals surface area contributed by atoms with Gasteiger partial charge < -0.3 is 0 Å². The van der Waals surface area contributed by atoms with Gasteiger partial charge >= 0.3 is 0 Å². The van der Waals surface area contributed by atoms with Crippen LogP contribution in [0.25, 0.3) is 0 Å². The summed E-state index contributed by atoms with van der Waals surface area (Å²) in [5.74, 6) is 0. The first-order valence-corrected chi connectivity index (χ1v) is 12.3. The lowest BCUT2D eigenvalue weighted by atomic mass is 10.1. The van der Waals surface area contributed by atoms with Crippen molar-refractivity contribution < 1.29 is 4.57 Å². The van der Waals surface area contributed by atoms with E-state index in [1.54, 1.807) is 0 Å². The van der Waals surface area contributed by atoms with Crippen molar-refractivity contribution in [2.75, 3.05) is 0 Å². The molecule has 1 heteroatoms. The quantitative estimate of drug-likeness (QED) is 0.170. The molecule has 0 saturated heterocycles. The van der Waals surface area contributed by atoms with Crippen LogP contribution in [-0.2, 0) is 13.0 Å². The van der Waals surface area contributed by atoms with Gasteiger partial charge in [0.1, 0.15) is 6.54 Å². The SMILES string of the molecule is CCCCCCCCCCCCCC[n+]1ccc(CCCCCCC)cc1. The Hall–Kier alpha value is -0.850. The zero-order valence-electron chi connectivity index (χ0n) is 18.7. The van der Waals surface area contributed by atoms with E-state index in [1.165, 1.54) is 128 Å². The smallest absolute Gasteiger partial charge is 0.169 e. The second-order valence-corrected chi connectivity index (χ2v) is 8.50. The maximum atomic E-state index is 2.37. The first-order valence-electron chi connectivity index (χ1n) is 12.3. The van der Waals surface area contributed by atoms with Gasteiger partial charge in [-0.2, -0.15) is 0 Å². The molecule has 0 aliphatic heterocycles. The van der Waals surface area contributed by atoms with E-state index in [-0.39, 0.29) is 0 Å². The van der Waals surface area contributed by atoms with Gasteiger partial charge in [0.25, 0.3) is 0 Å². The maximum Gasteiger partial charge on any atom is 0.169 e. The molecule has 0 N–H and O–H groups in total. The standard InChI is InChI=1S/C26H48N/c1-3-5-7-9-10-11-12-13-14-15-17-19-23-27-24-21-26(22-25-27)20-18-16-8-6-4-2/h21-22,24-25H,3-20,23H2,1-2H3/q+1. The topological polar surface area (TPSA) is 3.88 Å². The molecule has 1 aromatic heterocycles. The summed E-state index contributed by atoms with van der Waals surface area (Å²) in [4.78, 5) is 0. The maximum absolute atomic E-state index is 2.37. The zero-order chi connectivity index (χ0) is 19.4. The van der Waals surface area contributed by atoms with Gasteiger partial charge in [0.15, 0.2) is 12.4 Å². The monoisotopic (exact) mass is 374 g/mol. The fourth-order valence-electron chi connectivity index (χ4n) is 3.87. The highest BCUT2D eigenvalue weighted by Crippen LogP contribution is 2.12. The highest BCUT2D eigenvalue weighted by Gasteiger charge is 2.01. The Morgan fingerprint density at radius 2 is 0.926 bits per heavy atom. The van der Waals surface area contributed by atoms with Crippen LogP contribution in [-0.4, -0.2) is 0 Å². The van der Waals surface area contributed by atoms with Crippen LogP contribution in [0.15, 0.2) is 24.5 Å². The highest BCUT2D eigenvalue weighted by molar-refractivity contribution is 5.07. The van der Waals surface area contributed by atoms with Crippen LogP contribution >= 0.6 is 0 Å². The minimum absolute atomic E-state index is 1.19. The number of aryl methyl sites for hydroxylation is 2. The van der Waals surface area contributed by atoms with Gasteiger partial charge in [-0.15, -0.1) is 0 Å². The molecule has 0 fully saturated rings. The Morgan fingerprint density at radius 1 is 0.519 bits per heavy atom. The zero-order valence-corrected chi connectivity index (χ0v) is 18.7. The van der Waals surface area contributed by atoms with Crippen LogP contribution in [0.1, 0.15) is 129 Å². The normalized spacial score (nSPS) is 11.2. The second-order valence-electron chi connectivity index (χ2n) is 8.50. The Kier molecular flexibility index (Phi) is 16.6. The molecule has 0 radical (unpaired) electrons. The Labute approximate surface area is 171 Å². The fraction of sp³-hybridized carbons (Fsp3) is 0.808. The Morgan fingerprint density at radius 3 is 1.41 bits per heavy atom. The summed E-state index contributed by atoms with van der Waals surface area (Å²) < 4.78 is 2.37. The Balaban J connectivity index is 1.92. The first-order chi connectivity index (χ1) is 13.4. The third-order valence-corrected chi connectivity index (χ3v) is 5.80. The number of hydrogen-bond donors (Lipinski definition) is 0. The van der Waals surface area contributed by atoms with Crippen LogP contribution in [0.2, 0.25) is 0 Å². The molecule has 0 aromatic carbocycles. The molecule has 27 heavy (non-hydrogen) atoms. The van der Waals surface area contributed by atoms with Gasteiger partial charge in [0, 0.05) is 18.6 Å². The van der Waals surface area contributed by atoms with E-state index in [0.29, 0.717) is 0 Å². The molecule has 0 amide bonds. The first kappa shape index (κ1) is 24.2. The lowest BCUT2D eigenvalue weighted by molar-refractivity contribution is -0.697. The molecule has 1 nitrogen and oxygen atoms in total. The lowest BCUT2D eigenvalue weighted by Crippen LogP contribution is -2.32. The molecule has 1 rings (SSSR count). The van der Waals surface area contributed by atoms with Crippen LogP contribution in [0.5, 0.6) is 0 Å². The van der Waals surface area contributed by atoms with Gasteiger partial charge in [0.2, 0.25) is 0 Å². The average Bonchev–Trinajstić information content (AvgIpc) is 2.70. The number of rotatable bonds is 19. The predicted octanol–water partition coefficient (Wildman–Crippen LogP) is 8.19. The van der Waals surface area contributed by atoms with Crippen molar-refractivity contribution >= 4 is 0 Å². The molecule has 156 valence electrons. The summed E-state index contributed by atoms with van der Waals surface area (Å²) in [7, 11) is 0. The van der Waals surface area contributed by atoms with Crippen molar-refractivity contribution in [2.45, 2.75) is 136 Å². The van der Waals surface area contributed by atoms with Crippen molar-refractivity contribution in [3.8, 4) is 0 Å². The summed E-state index contributed by atoms with van der Waals surface area (Å²) in [5.41, 5.74) is 1.51. The molecule has 0 spiro atoms. The van der Waals surface area contributed by atoms with Gasteiger partial charge in [-0.25, -0.2) is 4.57 Å². The van der Waals surface area contributed by atoms with Crippen molar-refractivity contribution in [3.05, 3.63) is 30.1 Å². The largest absolute Gasteiger partial charge is 0.205 e. The van der Waals surface area contributed by atoms with Crippen LogP contribution in [0.3, 0.4) is 0 Å². The number of hydrogen-bond acceptors (Lipinski definition) is 0. The van der Waals surface area contributed by atoms with E-state index in [9.17, 15) is 0 Å². The molecular weight excluding hydrogens is 326 g/mol. The van der Waals surface area contributed by atoms with Gasteiger partial charge in [0.05, 0.1) is 0 Å². The molecule has 0 atom stereocenters. The molecule has 0 saturated carbocycles. The van der Waals surface area contributed by atoms with E-state index >= 15 is 0 Å². The Bertz CT molecular complexity index is 409. The summed E-state index contributed by atoms with van der Waals surface area (Å²) in [6.07, 6.45) is 29.8. The van der Waals surface area contributed by atoms with Crippen LogP contribution in [0, 0.1) is 0 Å². The third kappa shape index (κ3) is 14.8. The average molecular weight is 375 g/mol. The van der Waals surface area contributed by atoms with E-state index in [4.69, 9.17) is 0 Å². The second kappa shape index (κ2) is 18.5. The number of nitrogens with zero attached hydrogens (tertiary/aromatic N) is 1. The minimum Gasteiger partial charge on any atom is -0.205 e. The van der Waals surface area contributed by atoms with Crippen LogP contribution in [0.4, 0.5) is 0 Å². The molecule has 1 heterocycles. The number of unbranched alkanes of at least 4 members (excludes halogenated alkanes) is 15. The fourth-order valence-corrected chi connectivity index (χ4v) is 3.87.